The molecule has 2 aromatic heterocycles. The third kappa shape index (κ3) is 2.91. The van der Waals surface area contributed by atoms with Gasteiger partial charge in [0.1, 0.15) is 11.4 Å². The standard InChI is InChI=1S/C20H14Cl2N2O2/c1-11-17(23-25-19(11)13-3-7-15(21)8-4-13)18-12(2)20(26-24-18)14-5-9-16(22)10-6-14/h3-10H,1-2H3. The molecule has 0 radical (unpaired) electrons. The van der Waals surface area contributed by atoms with Crippen molar-refractivity contribution in [1.82, 2.24) is 10.3 Å². The van der Waals surface area contributed by atoms with Crippen molar-refractivity contribution >= 4 is 23.2 Å². The lowest BCUT2D eigenvalue weighted by Gasteiger charge is -1.99. The van der Waals surface area contributed by atoms with Gasteiger partial charge in [-0.15, -0.1) is 0 Å². The number of rotatable bonds is 3. The maximum absolute atomic E-state index is 5.95. The quantitative estimate of drug-likeness (QED) is 0.399. The molecule has 4 rings (SSSR count). The molecule has 0 aliphatic heterocycles. The van der Waals surface area contributed by atoms with Crippen LogP contribution in [-0.4, -0.2) is 10.3 Å². The van der Waals surface area contributed by atoms with Gasteiger partial charge >= 0.3 is 0 Å². The average molecular weight is 385 g/mol. The van der Waals surface area contributed by atoms with Gasteiger partial charge in [-0.25, -0.2) is 0 Å². The Bertz CT molecular complexity index is 977. The van der Waals surface area contributed by atoms with E-state index in [1.54, 1.807) is 0 Å². The summed E-state index contributed by atoms with van der Waals surface area (Å²) in [6, 6.07) is 14.9. The number of hydrogen-bond donors (Lipinski definition) is 0. The lowest BCUT2D eigenvalue weighted by Crippen LogP contribution is -1.85. The highest BCUT2D eigenvalue weighted by Gasteiger charge is 2.22. The molecule has 0 saturated carbocycles. The molecule has 0 saturated heterocycles. The summed E-state index contributed by atoms with van der Waals surface area (Å²) in [5, 5.41) is 9.77. The highest BCUT2D eigenvalue weighted by atomic mass is 35.5. The molecule has 4 aromatic rings. The van der Waals surface area contributed by atoms with Gasteiger partial charge in [0.15, 0.2) is 11.5 Å². The minimum absolute atomic E-state index is 0.663. The van der Waals surface area contributed by atoms with Crippen LogP contribution in [0.5, 0.6) is 0 Å². The van der Waals surface area contributed by atoms with Gasteiger partial charge in [-0.05, 0) is 62.4 Å². The van der Waals surface area contributed by atoms with Crippen molar-refractivity contribution in [3.05, 3.63) is 69.7 Å². The third-order valence-corrected chi connectivity index (χ3v) is 4.79. The zero-order chi connectivity index (χ0) is 18.3. The van der Waals surface area contributed by atoms with E-state index in [-0.39, 0.29) is 0 Å². The number of aromatic nitrogens is 2. The smallest absolute Gasteiger partial charge is 0.170 e. The van der Waals surface area contributed by atoms with Crippen molar-refractivity contribution in [3.8, 4) is 34.0 Å². The van der Waals surface area contributed by atoms with Crippen molar-refractivity contribution in [2.24, 2.45) is 0 Å². The lowest BCUT2D eigenvalue weighted by molar-refractivity contribution is 0.424. The summed E-state index contributed by atoms with van der Waals surface area (Å²) in [6.45, 7) is 3.90. The third-order valence-electron chi connectivity index (χ3n) is 4.29. The number of nitrogens with zero attached hydrogens (tertiary/aromatic N) is 2. The van der Waals surface area contributed by atoms with Gasteiger partial charge in [-0.2, -0.15) is 0 Å². The van der Waals surface area contributed by atoms with Crippen LogP contribution in [0.1, 0.15) is 11.1 Å². The van der Waals surface area contributed by atoms with Gasteiger partial charge in [0.25, 0.3) is 0 Å². The Morgan fingerprint density at radius 1 is 0.615 bits per heavy atom. The zero-order valence-electron chi connectivity index (χ0n) is 14.1. The number of halogens is 2. The first-order valence-electron chi connectivity index (χ1n) is 7.99. The summed E-state index contributed by atoms with van der Waals surface area (Å²) in [7, 11) is 0. The minimum Gasteiger partial charge on any atom is -0.355 e. The van der Waals surface area contributed by atoms with E-state index in [2.05, 4.69) is 10.3 Å². The summed E-state index contributed by atoms with van der Waals surface area (Å²) in [5.74, 6) is 1.37. The van der Waals surface area contributed by atoms with Gasteiger partial charge in [0.2, 0.25) is 0 Å². The molecule has 6 heteroatoms. The highest BCUT2D eigenvalue weighted by molar-refractivity contribution is 6.30. The summed E-state index contributed by atoms with van der Waals surface area (Å²) in [6.07, 6.45) is 0. The number of benzene rings is 2. The average Bonchev–Trinajstić information content (AvgIpc) is 3.19. The second kappa shape index (κ2) is 6.63. The van der Waals surface area contributed by atoms with Crippen LogP contribution >= 0.6 is 23.2 Å². The first-order valence-corrected chi connectivity index (χ1v) is 8.75. The second-order valence-electron chi connectivity index (χ2n) is 5.98. The normalized spacial score (nSPS) is 11.1. The Hall–Kier alpha value is -2.56. The molecule has 0 amide bonds. The molecular weight excluding hydrogens is 371 g/mol. The van der Waals surface area contributed by atoms with Gasteiger partial charge < -0.3 is 9.05 Å². The molecule has 26 heavy (non-hydrogen) atoms. The molecule has 0 unspecified atom stereocenters. The summed E-state index contributed by atoms with van der Waals surface area (Å²) < 4.78 is 11.1. The van der Waals surface area contributed by atoms with Crippen LogP contribution in [0, 0.1) is 13.8 Å². The van der Waals surface area contributed by atoms with Crippen LogP contribution in [0.15, 0.2) is 57.6 Å². The Labute approximate surface area is 160 Å². The molecule has 4 nitrogen and oxygen atoms in total. The van der Waals surface area contributed by atoms with E-state index in [0.29, 0.717) is 33.0 Å². The Morgan fingerprint density at radius 2 is 0.962 bits per heavy atom. The topological polar surface area (TPSA) is 52.1 Å². The largest absolute Gasteiger partial charge is 0.355 e. The zero-order valence-corrected chi connectivity index (χ0v) is 15.6. The molecule has 0 fully saturated rings. The summed E-state index contributed by atoms with van der Waals surface area (Å²) in [5.41, 5.74) is 4.93. The fraction of sp³-hybridized carbons (Fsp3) is 0.100. The Balaban J connectivity index is 1.75. The maximum atomic E-state index is 5.95. The first kappa shape index (κ1) is 16.9. The van der Waals surface area contributed by atoms with Crippen molar-refractivity contribution in [3.63, 3.8) is 0 Å². The number of hydrogen-bond acceptors (Lipinski definition) is 4. The van der Waals surface area contributed by atoms with E-state index in [1.165, 1.54) is 0 Å². The van der Waals surface area contributed by atoms with Gasteiger partial charge in [0, 0.05) is 32.3 Å². The molecule has 130 valence electrons. The van der Waals surface area contributed by atoms with Crippen molar-refractivity contribution in [2.45, 2.75) is 13.8 Å². The van der Waals surface area contributed by atoms with Crippen LogP contribution in [-0.2, 0) is 0 Å². The Morgan fingerprint density at radius 3 is 1.31 bits per heavy atom. The van der Waals surface area contributed by atoms with Crippen LogP contribution < -0.4 is 0 Å². The predicted molar refractivity (Wildman–Crippen MR) is 102 cm³/mol. The second-order valence-corrected chi connectivity index (χ2v) is 6.86. The highest BCUT2D eigenvalue weighted by Crippen LogP contribution is 2.36. The van der Waals surface area contributed by atoms with Gasteiger partial charge in [-0.3, -0.25) is 0 Å². The van der Waals surface area contributed by atoms with E-state index in [4.69, 9.17) is 32.2 Å². The first-order chi connectivity index (χ1) is 12.5. The SMILES string of the molecule is Cc1c(-c2noc(-c3ccc(Cl)cc3)c2C)noc1-c1ccc(Cl)cc1. The summed E-state index contributed by atoms with van der Waals surface area (Å²) >= 11 is 11.9. The van der Waals surface area contributed by atoms with Crippen molar-refractivity contribution in [2.75, 3.05) is 0 Å². The van der Waals surface area contributed by atoms with Crippen LogP contribution in [0.4, 0.5) is 0 Å². The van der Waals surface area contributed by atoms with E-state index in [9.17, 15) is 0 Å². The van der Waals surface area contributed by atoms with E-state index >= 15 is 0 Å². The van der Waals surface area contributed by atoms with E-state index in [0.717, 1.165) is 22.3 Å². The molecule has 2 aromatic carbocycles. The fourth-order valence-electron chi connectivity index (χ4n) is 2.85. The van der Waals surface area contributed by atoms with Gasteiger partial charge in [-0.1, -0.05) is 33.5 Å². The van der Waals surface area contributed by atoms with Gasteiger partial charge in [0.05, 0.1) is 0 Å². The van der Waals surface area contributed by atoms with E-state index < -0.39 is 0 Å². The van der Waals surface area contributed by atoms with Crippen molar-refractivity contribution in [1.29, 1.82) is 0 Å². The minimum atomic E-state index is 0.663. The molecule has 0 spiro atoms. The van der Waals surface area contributed by atoms with Crippen LogP contribution in [0.3, 0.4) is 0 Å². The molecule has 0 aliphatic carbocycles. The van der Waals surface area contributed by atoms with E-state index in [1.807, 2.05) is 62.4 Å². The Kier molecular flexibility index (Phi) is 4.31. The fourth-order valence-corrected chi connectivity index (χ4v) is 3.11. The maximum Gasteiger partial charge on any atom is 0.170 e. The van der Waals surface area contributed by atoms with Crippen LogP contribution in [0.25, 0.3) is 34.0 Å². The molecule has 0 atom stereocenters. The molecular formula is C20H14Cl2N2O2. The molecule has 2 heterocycles. The monoisotopic (exact) mass is 384 g/mol. The summed E-state index contributed by atoms with van der Waals surface area (Å²) in [4.78, 5) is 0. The van der Waals surface area contributed by atoms with Crippen molar-refractivity contribution < 1.29 is 9.05 Å². The molecule has 0 bridgehead atoms. The molecule has 0 N–H and O–H groups in total. The predicted octanol–water partition coefficient (Wildman–Crippen LogP) is 6.59. The lowest BCUT2D eigenvalue weighted by atomic mass is 10.0. The van der Waals surface area contributed by atoms with Crippen LogP contribution in [0.2, 0.25) is 10.0 Å². The molecule has 0 aliphatic rings.